The monoisotopic (exact) mass is 509 g/mol. The van der Waals surface area contributed by atoms with Gasteiger partial charge < -0.3 is 19.3 Å². The van der Waals surface area contributed by atoms with Gasteiger partial charge in [-0.3, -0.25) is 4.79 Å². The lowest BCUT2D eigenvalue weighted by Crippen LogP contribution is -2.40. The first kappa shape index (κ1) is 25.1. The van der Waals surface area contributed by atoms with Crippen molar-refractivity contribution < 1.29 is 28.2 Å². The molecule has 0 radical (unpaired) electrons. The van der Waals surface area contributed by atoms with Crippen LogP contribution in [0.5, 0.6) is 0 Å². The summed E-state index contributed by atoms with van der Waals surface area (Å²) in [5, 5.41) is 9.01. The molecular formula is C28H29F2N3O4. The predicted molar refractivity (Wildman–Crippen MR) is 135 cm³/mol. The molecule has 1 atom stereocenters. The minimum Gasteiger partial charge on any atom is -0.478 e. The first-order chi connectivity index (χ1) is 17.9. The summed E-state index contributed by atoms with van der Waals surface area (Å²) in [6.45, 7) is 0. The lowest BCUT2D eigenvalue weighted by atomic mass is 9.91. The Balaban J connectivity index is 1.63. The van der Waals surface area contributed by atoms with Crippen molar-refractivity contribution in [2.45, 2.75) is 63.1 Å². The van der Waals surface area contributed by atoms with Crippen LogP contribution in [0, 0.1) is 11.6 Å². The topological polar surface area (TPSA) is 84.7 Å². The Labute approximate surface area is 213 Å². The van der Waals surface area contributed by atoms with Crippen molar-refractivity contribution in [2.75, 3.05) is 12.0 Å². The first-order valence-electron chi connectivity index (χ1n) is 12.6. The first-order valence-corrected chi connectivity index (χ1v) is 12.6. The molecule has 5 rings (SSSR count). The molecule has 1 aliphatic heterocycles. The summed E-state index contributed by atoms with van der Waals surface area (Å²) in [6.07, 6.45) is 7.97. The van der Waals surface area contributed by atoms with Crippen LogP contribution in [-0.4, -0.2) is 39.7 Å². The number of carboxylic acid groups (broad SMARTS) is 1. The van der Waals surface area contributed by atoms with E-state index in [-0.39, 0.29) is 18.1 Å². The summed E-state index contributed by atoms with van der Waals surface area (Å²) in [7, 11) is 1.72. The molecule has 1 unspecified atom stereocenters. The molecule has 0 spiro atoms. The third-order valence-corrected chi connectivity index (χ3v) is 7.43. The predicted octanol–water partition coefficient (Wildman–Crippen LogP) is 5.80. The SMILES string of the molecule is COC1CCC(n2c(C3CCCC(=O)N3c3ccc(F)c(F)c3)nc3cc(/C=C/C(=O)O)ccc32)CC1. The third-order valence-electron chi connectivity index (χ3n) is 7.43. The summed E-state index contributed by atoms with van der Waals surface area (Å²) < 4.78 is 35.6. The van der Waals surface area contributed by atoms with Gasteiger partial charge in [0.1, 0.15) is 5.82 Å². The molecule has 3 aromatic rings. The van der Waals surface area contributed by atoms with Crippen LogP contribution in [0.3, 0.4) is 0 Å². The summed E-state index contributed by atoms with van der Waals surface area (Å²) in [5.74, 6) is -2.46. The second-order valence-corrected chi connectivity index (χ2v) is 9.70. The number of anilines is 1. The van der Waals surface area contributed by atoms with Crippen LogP contribution in [0.2, 0.25) is 0 Å². The number of amides is 1. The number of carbonyl (C=O) groups is 2. The van der Waals surface area contributed by atoms with Crippen LogP contribution in [0.25, 0.3) is 17.1 Å². The van der Waals surface area contributed by atoms with Crippen molar-refractivity contribution >= 4 is 34.7 Å². The van der Waals surface area contributed by atoms with E-state index < -0.39 is 23.6 Å². The van der Waals surface area contributed by atoms with Gasteiger partial charge in [-0.15, -0.1) is 0 Å². The highest BCUT2D eigenvalue weighted by atomic mass is 19.2. The van der Waals surface area contributed by atoms with Gasteiger partial charge in [-0.05, 0) is 74.4 Å². The number of rotatable bonds is 6. The van der Waals surface area contributed by atoms with Gasteiger partial charge in [-0.1, -0.05) is 6.07 Å². The summed E-state index contributed by atoms with van der Waals surface area (Å²) in [5.41, 5.74) is 2.60. The van der Waals surface area contributed by atoms with Gasteiger partial charge in [0.15, 0.2) is 11.6 Å². The van der Waals surface area contributed by atoms with Crippen LogP contribution >= 0.6 is 0 Å². The van der Waals surface area contributed by atoms with E-state index in [1.165, 1.54) is 12.1 Å². The molecule has 37 heavy (non-hydrogen) atoms. The largest absolute Gasteiger partial charge is 0.478 e. The number of benzene rings is 2. The molecule has 0 bridgehead atoms. The number of carboxylic acids is 1. The lowest BCUT2D eigenvalue weighted by molar-refractivity contribution is -0.131. The molecule has 194 valence electrons. The van der Waals surface area contributed by atoms with Crippen LogP contribution in [0.4, 0.5) is 14.5 Å². The van der Waals surface area contributed by atoms with Crippen molar-refractivity contribution in [2.24, 2.45) is 0 Å². The van der Waals surface area contributed by atoms with Crippen LogP contribution < -0.4 is 4.90 Å². The highest BCUT2D eigenvalue weighted by Gasteiger charge is 2.36. The number of carbonyl (C=O) groups excluding carboxylic acids is 1. The number of halogens is 2. The Bertz CT molecular complexity index is 1360. The quantitative estimate of drug-likeness (QED) is 0.425. The van der Waals surface area contributed by atoms with Crippen molar-refractivity contribution in [3.63, 3.8) is 0 Å². The average Bonchev–Trinajstić information content (AvgIpc) is 3.27. The van der Waals surface area contributed by atoms with Gasteiger partial charge in [-0.25, -0.2) is 18.6 Å². The Kier molecular flexibility index (Phi) is 7.06. The maximum Gasteiger partial charge on any atom is 0.328 e. The fourth-order valence-corrected chi connectivity index (χ4v) is 5.64. The number of nitrogens with zero attached hydrogens (tertiary/aromatic N) is 3. The summed E-state index contributed by atoms with van der Waals surface area (Å²) in [6, 6.07) is 8.85. The molecule has 2 fully saturated rings. The van der Waals surface area contributed by atoms with Gasteiger partial charge in [0.05, 0.1) is 23.2 Å². The van der Waals surface area contributed by atoms with Gasteiger partial charge in [-0.2, -0.15) is 0 Å². The number of methoxy groups -OCH3 is 1. The highest BCUT2D eigenvalue weighted by Crippen LogP contribution is 2.41. The van der Waals surface area contributed by atoms with E-state index in [1.807, 2.05) is 18.2 Å². The Morgan fingerprint density at radius 1 is 1.08 bits per heavy atom. The maximum absolute atomic E-state index is 14.2. The number of aliphatic carboxylic acids is 1. The van der Waals surface area contributed by atoms with E-state index in [4.69, 9.17) is 14.8 Å². The van der Waals surface area contributed by atoms with E-state index in [9.17, 15) is 18.4 Å². The van der Waals surface area contributed by atoms with E-state index in [0.717, 1.165) is 49.4 Å². The number of fused-ring (bicyclic) bond motifs is 1. The fourth-order valence-electron chi connectivity index (χ4n) is 5.64. The molecule has 1 aliphatic carbocycles. The maximum atomic E-state index is 14.2. The third kappa shape index (κ3) is 5.00. The van der Waals surface area contributed by atoms with Crippen molar-refractivity contribution in [3.05, 3.63) is 65.5 Å². The van der Waals surface area contributed by atoms with Gasteiger partial charge in [0.25, 0.3) is 0 Å². The lowest BCUT2D eigenvalue weighted by Gasteiger charge is -2.37. The van der Waals surface area contributed by atoms with E-state index in [2.05, 4.69) is 4.57 Å². The average molecular weight is 510 g/mol. The zero-order valence-corrected chi connectivity index (χ0v) is 20.6. The Morgan fingerprint density at radius 3 is 2.57 bits per heavy atom. The molecule has 1 amide bonds. The molecule has 2 aliphatic rings. The van der Waals surface area contributed by atoms with Crippen molar-refractivity contribution in [3.8, 4) is 0 Å². The second kappa shape index (κ2) is 10.4. The minimum atomic E-state index is -1.04. The molecule has 9 heteroatoms. The smallest absolute Gasteiger partial charge is 0.328 e. The second-order valence-electron chi connectivity index (χ2n) is 9.70. The number of hydrogen-bond acceptors (Lipinski definition) is 4. The highest BCUT2D eigenvalue weighted by molar-refractivity contribution is 5.95. The van der Waals surface area contributed by atoms with Gasteiger partial charge in [0, 0.05) is 37.4 Å². The molecule has 1 saturated carbocycles. The molecule has 1 N–H and O–H groups in total. The molecule has 1 aromatic heterocycles. The van der Waals surface area contributed by atoms with Crippen LogP contribution in [-0.2, 0) is 14.3 Å². The van der Waals surface area contributed by atoms with E-state index in [0.29, 0.717) is 41.9 Å². The van der Waals surface area contributed by atoms with Crippen LogP contribution in [0.1, 0.15) is 68.4 Å². The molecule has 7 nitrogen and oxygen atoms in total. The number of ether oxygens (including phenoxy) is 1. The van der Waals surface area contributed by atoms with E-state index in [1.54, 1.807) is 12.0 Å². The van der Waals surface area contributed by atoms with Crippen molar-refractivity contribution in [1.29, 1.82) is 0 Å². The van der Waals surface area contributed by atoms with E-state index >= 15 is 0 Å². The standard InChI is InChI=1S/C28H29F2N3O4/c1-37-20-10-7-18(8-11-20)33-24-13-5-17(6-14-27(35)36)15-23(24)31-28(33)25-3-2-4-26(34)32(25)19-9-12-21(29)22(30)16-19/h5-6,9,12-16,18,20,25H,2-4,7-8,10-11H2,1H3,(H,35,36)/b14-6+. The Hall–Kier alpha value is -3.59. The normalized spacial score (nSPS) is 22.7. The van der Waals surface area contributed by atoms with Gasteiger partial charge >= 0.3 is 5.97 Å². The number of aromatic nitrogens is 2. The number of piperidine rings is 1. The molecule has 2 aromatic carbocycles. The fraction of sp³-hybridized carbons (Fsp3) is 0.393. The molecule has 2 heterocycles. The summed E-state index contributed by atoms with van der Waals surface area (Å²) in [4.78, 5) is 30.7. The number of imidazole rings is 1. The zero-order valence-electron chi connectivity index (χ0n) is 20.6. The van der Waals surface area contributed by atoms with Gasteiger partial charge in [0.2, 0.25) is 5.91 Å². The number of hydrogen-bond donors (Lipinski definition) is 1. The molecule has 1 saturated heterocycles. The minimum absolute atomic E-state index is 0.135. The van der Waals surface area contributed by atoms with Crippen molar-refractivity contribution in [1.82, 2.24) is 9.55 Å². The summed E-state index contributed by atoms with van der Waals surface area (Å²) >= 11 is 0. The Morgan fingerprint density at radius 2 is 1.86 bits per heavy atom. The van der Waals surface area contributed by atoms with Crippen LogP contribution in [0.15, 0.2) is 42.5 Å². The molecular weight excluding hydrogens is 480 g/mol. The zero-order chi connectivity index (χ0) is 26.1.